The summed E-state index contributed by atoms with van der Waals surface area (Å²) in [4.78, 5) is 18.3. The van der Waals surface area contributed by atoms with Gasteiger partial charge in [0.2, 0.25) is 5.91 Å². The van der Waals surface area contributed by atoms with Gasteiger partial charge in [-0.3, -0.25) is 4.79 Å². The lowest BCUT2D eigenvalue weighted by atomic mass is 10.2. The van der Waals surface area contributed by atoms with Gasteiger partial charge in [0.05, 0.1) is 0 Å². The molecule has 140 valence electrons. The van der Waals surface area contributed by atoms with Crippen LogP contribution in [0.15, 0.2) is 59.6 Å². The number of aliphatic imine (C=N–C) groups is 1. The zero-order valence-corrected chi connectivity index (χ0v) is 17.2. The molecule has 2 aromatic rings. The third-order valence-corrected chi connectivity index (χ3v) is 3.46. The lowest BCUT2D eigenvalue weighted by Gasteiger charge is -2.22. The Kier molecular flexibility index (Phi) is 9.64. The highest BCUT2D eigenvalue weighted by molar-refractivity contribution is 14.0. The number of nitrogens with zero attached hydrogens (tertiary/aromatic N) is 2. The quantitative estimate of drug-likeness (QED) is 0.386. The maximum Gasteiger partial charge on any atom is 0.246 e. The molecule has 0 aliphatic carbocycles. The van der Waals surface area contributed by atoms with Crippen LogP contribution in [0, 0.1) is 5.82 Å². The smallest absolute Gasteiger partial charge is 0.246 e. The second-order valence-electron chi connectivity index (χ2n) is 5.57. The minimum absolute atomic E-state index is 0. The van der Waals surface area contributed by atoms with Crippen LogP contribution in [0.3, 0.4) is 0 Å². The van der Waals surface area contributed by atoms with E-state index in [0.717, 1.165) is 11.3 Å². The van der Waals surface area contributed by atoms with E-state index in [1.807, 2.05) is 49.2 Å². The van der Waals surface area contributed by atoms with Gasteiger partial charge in [-0.05, 0) is 36.8 Å². The average Bonchev–Trinajstić information content (AvgIpc) is 2.61. The molecule has 0 fully saturated rings. The molecule has 0 spiro atoms. The molecule has 0 atom stereocenters. The minimum atomic E-state index is -0.260. The molecule has 7 heteroatoms. The van der Waals surface area contributed by atoms with Crippen LogP contribution in [0.4, 0.5) is 10.1 Å². The van der Waals surface area contributed by atoms with Crippen LogP contribution in [0.2, 0.25) is 0 Å². The van der Waals surface area contributed by atoms with Crippen LogP contribution >= 0.6 is 24.0 Å². The van der Waals surface area contributed by atoms with Crippen molar-refractivity contribution in [2.45, 2.75) is 13.5 Å². The van der Waals surface area contributed by atoms with Gasteiger partial charge in [-0.25, -0.2) is 9.38 Å². The lowest BCUT2D eigenvalue weighted by molar-refractivity contribution is -0.114. The first-order chi connectivity index (χ1) is 12.1. The summed E-state index contributed by atoms with van der Waals surface area (Å²) in [5.74, 6) is 0.177. The third kappa shape index (κ3) is 7.38. The van der Waals surface area contributed by atoms with E-state index in [9.17, 15) is 9.18 Å². The van der Waals surface area contributed by atoms with E-state index in [1.54, 1.807) is 12.1 Å². The number of hydrogen-bond acceptors (Lipinski definition) is 2. The number of nitrogens with one attached hydrogen (secondary N) is 2. The first-order valence-electron chi connectivity index (χ1n) is 8.17. The van der Waals surface area contributed by atoms with Crippen LogP contribution in [-0.4, -0.2) is 36.9 Å². The summed E-state index contributed by atoms with van der Waals surface area (Å²) >= 11 is 0. The molecule has 2 N–H and O–H groups in total. The molecular weight excluding hydrogens is 446 g/mol. The molecule has 0 aliphatic heterocycles. The molecule has 0 aliphatic rings. The molecule has 0 unspecified atom stereocenters. The number of amides is 1. The van der Waals surface area contributed by atoms with Crippen molar-refractivity contribution < 1.29 is 9.18 Å². The van der Waals surface area contributed by atoms with Gasteiger partial charge >= 0.3 is 0 Å². The van der Waals surface area contributed by atoms with Gasteiger partial charge in [-0.2, -0.15) is 0 Å². The molecule has 5 nitrogen and oxygen atoms in total. The molecule has 2 aromatic carbocycles. The van der Waals surface area contributed by atoms with Gasteiger partial charge in [0.25, 0.3) is 0 Å². The largest absolute Gasteiger partial charge is 0.357 e. The van der Waals surface area contributed by atoms with Gasteiger partial charge < -0.3 is 15.5 Å². The molecule has 2 rings (SSSR count). The predicted molar refractivity (Wildman–Crippen MR) is 114 cm³/mol. The van der Waals surface area contributed by atoms with Crippen molar-refractivity contribution in [2.24, 2.45) is 4.99 Å². The Morgan fingerprint density at radius 2 is 1.77 bits per heavy atom. The second kappa shape index (κ2) is 11.5. The van der Waals surface area contributed by atoms with E-state index in [0.29, 0.717) is 19.0 Å². The average molecular weight is 470 g/mol. The molecule has 1 amide bonds. The van der Waals surface area contributed by atoms with E-state index in [1.165, 1.54) is 12.1 Å². The number of rotatable bonds is 6. The fourth-order valence-corrected chi connectivity index (χ4v) is 2.28. The molecule has 0 aromatic heterocycles. The molecule has 0 heterocycles. The van der Waals surface area contributed by atoms with Crippen molar-refractivity contribution in [1.29, 1.82) is 0 Å². The zero-order chi connectivity index (χ0) is 18.1. The predicted octanol–water partition coefficient (Wildman–Crippen LogP) is 3.48. The van der Waals surface area contributed by atoms with Crippen molar-refractivity contribution in [3.63, 3.8) is 0 Å². The number of benzene rings is 2. The molecule has 0 saturated heterocycles. The fourth-order valence-electron chi connectivity index (χ4n) is 2.28. The highest BCUT2D eigenvalue weighted by Crippen LogP contribution is 2.06. The van der Waals surface area contributed by atoms with Crippen molar-refractivity contribution in [3.8, 4) is 0 Å². The number of halogens is 2. The Hall–Kier alpha value is -2.16. The normalized spacial score (nSPS) is 10.7. The minimum Gasteiger partial charge on any atom is -0.357 e. The number of carbonyl (C=O) groups excluding carboxylic acids is 1. The summed E-state index contributed by atoms with van der Waals surface area (Å²) in [5.41, 5.74) is 1.70. The molecular formula is C19H24FIN4O. The van der Waals surface area contributed by atoms with E-state index >= 15 is 0 Å². The maximum atomic E-state index is 13.0. The van der Waals surface area contributed by atoms with E-state index < -0.39 is 0 Å². The summed E-state index contributed by atoms with van der Waals surface area (Å²) in [6.07, 6.45) is 0. The van der Waals surface area contributed by atoms with Crippen LogP contribution in [0.25, 0.3) is 0 Å². The summed E-state index contributed by atoms with van der Waals surface area (Å²) in [5, 5.41) is 5.96. The summed E-state index contributed by atoms with van der Waals surface area (Å²) in [7, 11) is 1.87. The molecule has 0 saturated carbocycles. The standard InChI is InChI=1S/C19H23FN4O.HI/c1-3-21-19(24(2)14-15-9-11-16(20)12-10-15)22-13-18(25)23-17-7-5-4-6-8-17;/h4-12H,3,13-14H2,1-2H3,(H,21,22)(H,23,25);1H. The molecule has 0 bridgehead atoms. The van der Waals surface area contributed by atoms with E-state index in [2.05, 4.69) is 15.6 Å². The maximum absolute atomic E-state index is 13.0. The number of anilines is 1. The molecule has 26 heavy (non-hydrogen) atoms. The zero-order valence-electron chi connectivity index (χ0n) is 14.9. The van der Waals surface area contributed by atoms with Gasteiger partial charge in [0.15, 0.2) is 5.96 Å². The van der Waals surface area contributed by atoms with E-state index in [-0.39, 0.29) is 42.2 Å². The fraction of sp³-hybridized carbons (Fsp3) is 0.263. The Bertz CT molecular complexity index is 707. The Morgan fingerprint density at radius 1 is 1.12 bits per heavy atom. The lowest BCUT2D eigenvalue weighted by Crippen LogP contribution is -2.39. The summed E-state index contributed by atoms with van der Waals surface area (Å²) in [6, 6.07) is 15.6. The third-order valence-electron chi connectivity index (χ3n) is 3.46. The van der Waals surface area contributed by atoms with Crippen LogP contribution < -0.4 is 10.6 Å². The first-order valence-corrected chi connectivity index (χ1v) is 8.17. The van der Waals surface area contributed by atoms with Crippen molar-refractivity contribution in [1.82, 2.24) is 10.2 Å². The van der Waals surface area contributed by atoms with Gasteiger partial charge in [0, 0.05) is 25.8 Å². The van der Waals surface area contributed by atoms with Crippen molar-refractivity contribution >= 4 is 41.5 Å². The highest BCUT2D eigenvalue weighted by atomic mass is 127. The monoisotopic (exact) mass is 470 g/mol. The number of hydrogen-bond donors (Lipinski definition) is 2. The number of guanidine groups is 1. The van der Waals surface area contributed by atoms with Crippen LogP contribution in [0.1, 0.15) is 12.5 Å². The van der Waals surface area contributed by atoms with E-state index in [4.69, 9.17) is 0 Å². The first kappa shape index (κ1) is 21.9. The highest BCUT2D eigenvalue weighted by Gasteiger charge is 2.08. The summed E-state index contributed by atoms with van der Waals surface area (Å²) < 4.78 is 13.0. The molecule has 0 radical (unpaired) electrons. The van der Waals surface area contributed by atoms with Crippen molar-refractivity contribution in [3.05, 3.63) is 66.0 Å². The SMILES string of the molecule is CCNC(=NCC(=O)Nc1ccccc1)N(C)Cc1ccc(F)cc1.I. The van der Waals surface area contributed by atoms with Crippen LogP contribution in [-0.2, 0) is 11.3 Å². The van der Waals surface area contributed by atoms with Crippen molar-refractivity contribution in [2.75, 3.05) is 25.5 Å². The Morgan fingerprint density at radius 3 is 2.38 bits per heavy atom. The Labute approximate surface area is 170 Å². The van der Waals surface area contributed by atoms with Gasteiger partial charge in [-0.15, -0.1) is 24.0 Å². The second-order valence-corrected chi connectivity index (χ2v) is 5.57. The summed E-state index contributed by atoms with van der Waals surface area (Å²) in [6.45, 7) is 3.23. The Balaban J connectivity index is 0.00000338. The number of carbonyl (C=O) groups is 1. The topological polar surface area (TPSA) is 56.7 Å². The number of para-hydroxylation sites is 1. The van der Waals surface area contributed by atoms with Gasteiger partial charge in [-0.1, -0.05) is 30.3 Å². The van der Waals surface area contributed by atoms with Crippen LogP contribution in [0.5, 0.6) is 0 Å². The van der Waals surface area contributed by atoms with Gasteiger partial charge in [0.1, 0.15) is 12.4 Å².